The van der Waals surface area contributed by atoms with Gasteiger partial charge >= 0.3 is 0 Å². The third kappa shape index (κ3) is 888. The van der Waals surface area contributed by atoms with Gasteiger partial charge in [-0.3, -0.25) is 0 Å². The molecule has 0 amide bonds. The molecule has 0 saturated heterocycles. The molecule has 0 spiro atoms. The van der Waals surface area contributed by atoms with Crippen molar-refractivity contribution in [1.82, 2.24) is 0 Å². The van der Waals surface area contributed by atoms with Crippen molar-refractivity contribution in [3.63, 3.8) is 0 Å². The van der Waals surface area contributed by atoms with Crippen molar-refractivity contribution >= 4 is 12.6 Å². The zero-order chi connectivity index (χ0) is 10.8. The highest BCUT2D eigenvalue weighted by Gasteiger charge is 1.98. The second-order valence-electron chi connectivity index (χ2n) is 0.720. The lowest BCUT2D eigenvalue weighted by Crippen LogP contribution is -2.58. The van der Waals surface area contributed by atoms with Crippen molar-refractivity contribution in [3.8, 4) is 5.40 Å². The van der Waals surface area contributed by atoms with E-state index in [1.807, 2.05) is 0 Å². The quantitative estimate of drug-likeness (QED) is 0.180. The van der Waals surface area contributed by atoms with Crippen molar-refractivity contribution in [2.75, 3.05) is 0 Å². The molecule has 0 bridgehead atoms. The Balaban J connectivity index is -0.000000105. The van der Waals surface area contributed by atoms with Gasteiger partial charge in [0.05, 0.1) is 20.0 Å². The van der Waals surface area contributed by atoms with E-state index < -0.39 is 15.3 Å². The average molecular weight is 222 g/mol. The molecule has 72 valence electrons. The fourth-order valence-corrected chi connectivity index (χ4v) is 0. The number of nitrogens with zero attached hydrogens (tertiary/aromatic N) is 2. The van der Waals surface area contributed by atoms with Gasteiger partial charge < -0.3 is 15.3 Å². The van der Waals surface area contributed by atoms with Crippen molar-refractivity contribution in [2.45, 2.75) is 0 Å². The number of hydrogen-bond donors (Lipinski definition) is 2. The van der Waals surface area contributed by atoms with E-state index in [4.69, 9.17) is 39.2 Å². The minimum atomic E-state index is -4.69. The minimum absolute atomic E-state index is 1.44. The van der Waals surface area contributed by atoms with Gasteiger partial charge in [-0.1, -0.05) is 12.6 Å². The fourth-order valence-electron chi connectivity index (χ4n) is 0. The number of thiocyanates is 1. The van der Waals surface area contributed by atoms with E-state index in [1.54, 1.807) is 0 Å². The van der Waals surface area contributed by atoms with Crippen LogP contribution in [0.1, 0.15) is 0 Å². The third-order valence-electron chi connectivity index (χ3n) is 0. The highest BCUT2D eigenvalue weighted by molar-refractivity contribution is 7.85. The van der Waals surface area contributed by atoms with Crippen molar-refractivity contribution in [1.29, 1.82) is 5.26 Å². The smallest absolute Gasteiger partial charge is 0.130 e. The predicted molar refractivity (Wildman–Crippen MR) is 27.2 cm³/mol. The molecule has 0 atom stereocenters. The zero-order valence-corrected chi connectivity index (χ0v) is 6.77. The lowest BCUT2D eigenvalue weighted by atomic mass is 11.8. The number of thiol groups is 1. The van der Waals surface area contributed by atoms with Crippen LogP contribution in [0.15, 0.2) is 0 Å². The summed E-state index contributed by atoms with van der Waals surface area (Å²) >= 11 is 3.09. The Morgan fingerprint density at radius 1 is 1.42 bits per heavy atom. The molecule has 0 unspecified atom stereocenters. The van der Waals surface area contributed by atoms with Crippen LogP contribution in [0, 0.1) is 36.2 Å². The molecule has 0 heterocycles. The Morgan fingerprint density at radius 3 is 1.42 bits per heavy atom. The zero-order valence-electron chi connectivity index (χ0n) is 5.12. The van der Waals surface area contributed by atoms with Crippen molar-refractivity contribution in [3.05, 3.63) is 15.3 Å². The summed E-state index contributed by atoms with van der Waals surface area (Å²) < 4.78 is 32.7. The van der Waals surface area contributed by atoms with Gasteiger partial charge in [-0.05, 0) is 0 Å². The number of rotatable bonds is 0. The lowest BCUT2D eigenvalue weighted by molar-refractivity contribution is -1.92. The molecule has 0 aromatic rings. The van der Waals surface area contributed by atoms with Gasteiger partial charge in [0.2, 0.25) is 0 Å². The third-order valence-corrected chi connectivity index (χ3v) is 0. The summed E-state index contributed by atoms with van der Waals surface area (Å²) in [5, 5.41) is 23.4. The van der Waals surface area contributed by atoms with Gasteiger partial charge in [0, 0.05) is 0 Å². The molecule has 0 fully saturated rings. The molecule has 0 aliphatic carbocycles. The fraction of sp³-hybridized carbons (Fsp3) is 0. The molecule has 0 aliphatic heterocycles. The first kappa shape index (κ1) is 17.3. The molecule has 12 heavy (non-hydrogen) atoms. The van der Waals surface area contributed by atoms with Crippen LogP contribution < -0.4 is 14.0 Å². The van der Waals surface area contributed by atoms with Gasteiger partial charge in [-0.2, -0.15) is 19.2 Å². The summed E-state index contributed by atoms with van der Waals surface area (Å²) in [7, 11) is -4.69. The van der Waals surface area contributed by atoms with Gasteiger partial charge in [0.25, 0.3) is 0 Å². The van der Waals surface area contributed by atoms with Gasteiger partial charge in [0.1, 0.15) is 5.40 Å². The molecular formula is CH2ClN2O7S-. The maximum absolute atomic E-state index is 8.60. The molecule has 0 rings (SSSR count). The molecular weight excluding hydrogens is 220 g/mol. The summed E-state index contributed by atoms with van der Waals surface area (Å²) in [5.74, 6) is 0. The maximum Gasteiger partial charge on any atom is 0.130 e. The van der Waals surface area contributed by atoms with Crippen LogP contribution in [0.5, 0.6) is 0 Å². The lowest BCUT2D eigenvalue weighted by Gasteiger charge is -2.03. The van der Waals surface area contributed by atoms with Crippen LogP contribution in [0.2, 0.25) is 0 Å². The number of hydrogen-bond acceptors (Lipinski definition) is 9. The monoisotopic (exact) mass is 221 g/mol. The molecule has 0 radical (unpaired) electrons. The Labute approximate surface area is 73.3 Å². The van der Waals surface area contributed by atoms with Gasteiger partial charge in [-0.15, -0.1) is 0 Å². The van der Waals surface area contributed by atoms with Crippen LogP contribution in [0.25, 0.3) is 0 Å². The number of halogens is 1. The summed E-state index contributed by atoms with van der Waals surface area (Å²) in [6.07, 6.45) is 0. The first-order valence-corrected chi connectivity index (χ1v) is 3.34. The highest BCUT2D eigenvalue weighted by Crippen LogP contribution is 1.60. The summed E-state index contributed by atoms with van der Waals surface area (Å²) in [6, 6.07) is 0. The highest BCUT2D eigenvalue weighted by atomic mass is 35.7. The van der Waals surface area contributed by atoms with E-state index in [-0.39, 0.29) is 0 Å². The first-order valence-electron chi connectivity index (χ1n) is 1.63. The Hall–Kier alpha value is -0.830. The van der Waals surface area contributed by atoms with E-state index in [2.05, 4.69) is 12.6 Å². The van der Waals surface area contributed by atoms with Crippen molar-refractivity contribution < 1.29 is 34.0 Å². The molecule has 0 saturated carbocycles. The van der Waals surface area contributed by atoms with E-state index >= 15 is 0 Å². The Morgan fingerprint density at radius 2 is 1.42 bits per heavy atom. The van der Waals surface area contributed by atoms with Crippen LogP contribution in [-0.2, 0) is 0 Å². The SMILES string of the molecule is N#CS.O=[N+]([O-])[O-].[O-][Cl+3]([O-])([O-])O. The normalized spacial score (nSPS) is 7.67. The Kier molecular flexibility index (Phi) is 14.7. The molecule has 9 nitrogen and oxygen atoms in total. The van der Waals surface area contributed by atoms with Crippen LogP contribution in [-0.4, -0.2) is 9.75 Å². The summed E-state index contributed by atoms with van der Waals surface area (Å²) in [4.78, 5) is 8.25. The van der Waals surface area contributed by atoms with Crippen LogP contribution in [0.4, 0.5) is 0 Å². The topological polar surface area (TPSA) is 179 Å². The largest absolute Gasteiger partial charge is 0.356 e. The number of nitriles is 1. The standard InChI is InChI=1S/CHNS.ClHO4.NO3/c2-1-3;2-1(3,4)5;2-1(3)4/h3H;(H,2,3,4,5);/q;;-1. The predicted octanol–water partition coefficient (Wildman–Crippen LogP) is -3.97. The minimum Gasteiger partial charge on any atom is -0.356 e. The average Bonchev–Trinajstić information content (AvgIpc) is 1.56. The molecule has 1 N–H and O–H groups in total. The van der Waals surface area contributed by atoms with E-state index in [0.717, 1.165) is 0 Å². The second-order valence-corrected chi connectivity index (χ2v) is 1.71. The Bertz CT molecular complexity index is 138. The van der Waals surface area contributed by atoms with E-state index in [1.165, 1.54) is 5.40 Å². The summed E-state index contributed by atoms with van der Waals surface area (Å²) in [5.41, 5.74) is 0. The molecule has 0 aliphatic rings. The van der Waals surface area contributed by atoms with Gasteiger partial charge in [0.15, 0.2) is 0 Å². The molecule has 11 heteroatoms. The van der Waals surface area contributed by atoms with E-state index in [0.29, 0.717) is 0 Å². The second kappa shape index (κ2) is 10.2. The first-order chi connectivity index (χ1) is 5.15. The molecule has 0 aromatic heterocycles. The van der Waals surface area contributed by atoms with Crippen LogP contribution in [0.3, 0.4) is 0 Å². The van der Waals surface area contributed by atoms with Gasteiger partial charge in [-0.25, -0.2) is 0 Å². The van der Waals surface area contributed by atoms with Crippen LogP contribution >= 0.6 is 12.6 Å². The summed E-state index contributed by atoms with van der Waals surface area (Å²) in [6.45, 7) is 0. The maximum atomic E-state index is 8.60. The molecule has 0 aromatic carbocycles. The van der Waals surface area contributed by atoms with E-state index in [9.17, 15) is 0 Å². The van der Waals surface area contributed by atoms with Crippen molar-refractivity contribution in [2.24, 2.45) is 0 Å².